The van der Waals surface area contributed by atoms with Crippen LogP contribution in [0.4, 0.5) is 0 Å². The molecule has 0 radical (unpaired) electrons. The van der Waals surface area contributed by atoms with Crippen molar-refractivity contribution in [3.05, 3.63) is 59.9 Å². The van der Waals surface area contributed by atoms with Crippen molar-refractivity contribution in [2.75, 3.05) is 0 Å². The van der Waals surface area contributed by atoms with Crippen LogP contribution < -0.4 is 5.73 Å². The number of hydrogen-bond acceptors (Lipinski definition) is 6. The number of nitrogens with two attached hydrogens (primary N) is 1. The van der Waals surface area contributed by atoms with Crippen molar-refractivity contribution in [1.29, 1.82) is 0 Å². The van der Waals surface area contributed by atoms with Gasteiger partial charge in [0.25, 0.3) is 5.91 Å². The average Bonchev–Trinajstić information content (AvgIpc) is 2.68. The van der Waals surface area contributed by atoms with Crippen LogP contribution in [0.25, 0.3) is 0 Å². The SMILES string of the molecule is NC(=O)C1(OC(=O)c2ccnnc2)CCCCC1OCc1ccccc1. The molecular weight excluding hydrogens is 334 g/mol. The molecule has 7 nitrogen and oxygen atoms in total. The second-order valence-electron chi connectivity index (χ2n) is 6.31. The average molecular weight is 355 g/mol. The molecule has 2 N–H and O–H groups in total. The van der Waals surface area contributed by atoms with Crippen molar-refractivity contribution < 1.29 is 19.1 Å². The molecule has 1 heterocycles. The Morgan fingerprint density at radius 3 is 2.65 bits per heavy atom. The normalized spacial score (nSPS) is 22.5. The summed E-state index contributed by atoms with van der Waals surface area (Å²) in [5.41, 5.74) is 5.37. The lowest BCUT2D eigenvalue weighted by Crippen LogP contribution is -2.58. The van der Waals surface area contributed by atoms with Gasteiger partial charge in [-0.2, -0.15) is 10.2 Å². The van der Waals surface area contributed by atoms with Crippen molar-refractivity contribution in [3.8, 4) is 0 Å². The maximum atomic E-state index is 12.5. The fourth-order valence-corrected chi connectivity index (χ4v) is 3.19. The van der Waals surface area contributed by atoms with E-state index >= 15 is 0 Å². The van der Waals surface area contributed by atoms with Crippen LogP contribution in [0.2, 0.25) is 0 Å². The highest BCUT2D eigenvalue weighted by Crippen LogP contribution is 2.35. The first kappa shape index (κ1) is 18.0. The molecule has 2 atom stereocenters. The molecule has 0 aliphatic heterocycles. The topological polar surface area (TPSA) is 104 Å². The molecule has 1 aliphatic carbocycles. The van der Waals surface area contributed by atoms with Gasteiger partial charge >= 0.3 is 5.97 Å². The Kier molecular flexibility index (Phi) is 5.58. The summed E-state index contributed by atoms with van der Waals surface area (Å²) >= 11 is 0. The van der Waals surface area contributed by atoms with Crippen LogP contribution in [0.3, 0.4) is 0 Å². The zero-order valence-corrected chi connectivity index (χ0v) is 14.3. The van der Waals surface area contributed by atoms with Gasteiger partial charge in [-0.3, -0.25) is 4.79 Å². The third-order valence-corrected chi connectivity index (χ3v) is 4.59. The molecule has 26 heavy (non-hydrogen) atoms. The first-order valence-electron chi connectivity index (χ1n) is 8.57. The molecule has 2 aromatic rings. The minimum Gasteiger partial charge on any atom is -0.442 e. The van der Waals surface area contributed by atoms with Crippen LogP contribution in [0.1, 0.15) is 41.6 Å². The third-order valence-electron chi connectivity index (χ3n) is 4.59. The minimum absolute atomic E-state index is 0.216. The number of carbonyl (C=O) groups excluding carboxylic acids is 2. The van der Waals surface area contributed by atoms with Gasteiger partial charge < -0.3 is 15.2 Å². The molecule has 1 amide bonds. The van der Waals surface area contributed by atoms with E-state index in [9.17, 15) is 9.59 Å². The lowest BCUT2D eigenvalue weighted by molar-refractivity contribution is -0.167. The zero-order chi connectivity index (χ0) is 18.4. The molecule has 0 spiro atoms. The summed E-state index contributed by atoms with van der Waals surface area (Å²) in [5.74, 6) is -1.35. The summed E-state index contributed by atoms with van der Waals surface area (Å²) in [6.45, 7) is 0.314. The molecule has 1 fully saturated rings. The number of ether oxygens (including phenoxy) is 2. The van der Waals surface area contributed by atoms with Gasteiger partial charge in [0.15, 0.2) is 0 Å². The van der Waals surface area contributed by atoms with Crippen molar-refractivity contribution in [2.45, 2.75) is 44.0 Å². The van der Waals surface area contributed by atoms with E-state index < -0.39 is 23.6 Å². The number of amides is 1. The third kappa shape index (κ3) is 3.88. The Morgan fingerprint density at radius 1 is 1.15 bits per heavy atom. The van der Waals surface area contributed by atoms with Crippen molar-refractivity contribution in [2.24, 2.45) is 5.73 Å². The Bertz CT molecular complexity index is 754. The van der Waals surface area contributed by atoms with Gasteiger partial charge in [-0.1, -0.05) is 36.8 Å². The fraction of sp³-hybridized carbons (Fsp3) is 0.368. The van der Waals surface area contributed by atoms with E-state index in [-0.39, 0.29) is 5.56 Å². The molecule has 3 rings (SSSR count). The van der Waals surface area contributed by atoms with E-state index in [2.05, 4.69) is 10.2 Å². The first-order valence-corrected chi connectivity index (χ1v) is 8.57. The summed E-state index contributed by atoms with van der Waals surface area (Å²) in [5, 5.41) is 7.29. The first-order chi connectivity index (χ1) is 12.6. The Labute approximate surface area is 151 Å². The van der Waals surface area contributed by atoms with E-state index in [4.69, 9.17) is 15.2 Å². The van der Waals surface area contributed by atoms with Gasteiger partial charge in [0.05, 0.1) is 24.6 Å². The van der Waals surface area contributed by atoms with E-state index in [0.717, 1.165) is 18.4 Å². The van der Waals surface area contributed by atoms with E-state index in [1.54, 1.807) is 0 Å². The van der Waals surface area contributed by atoms with Gasteiger partial charge in [-0.05, 0) is 30.9 Å². The van der Waals surface area contributed by atoms with Crippen LogP contribution >= 0.6 is 0 Å². The molecule has 2 unspecified atom stereocenters. The standard InChI is InChI=1S/C19H21N3O4/c20-18(24)19(26-17(23)15-9-11-21-22-12-15)10-5-4-8-16(19)25-13-14-6-2-1-3-7-14/h1-3,6-7,9,11-12,16H,4-5,8,10,13H2,(H2,20,24). The second-order valence-corrected chi connectivity index (χ2v) is 6.31. The van der Waals surface area contributed by atoms with Crippen molar-refractivity contribution >= 4 is 11.9 Å². The van der Waals surface area contributed by atoms with Crippen molar-refractivity contribution in [3.63, 3.8) is 0 Å². The summed E-state index contributed by atoms with van der Waals surface area (Å²) in [6.07, 6.45) is 4.63. The van der Waals surface area contributed by atoms with Gasteiger partial charge in [-0.15, -0.1) is 0 Å². The molecule has 0 bridgehead atoms. The molecule has 7 heteroatoms. The molecule has 136 valence electrons. The lowest BCUT2D eigenvalue weighted by atomic mass is 9.81. The highest BCUT2D eigenvalue weighted by Gasteiger charge is 2.50. The highest BCUT2D eigenvalue weighted by atomic mass is 16.6. The maximum absolute atomic E-state index is 12.5. The number of hydrogen-bond donors (Lipinski definition) is 1. The number of nitrogens with zero attached hydrogens (tertiary/aromatic N) is 2. The number of aromatic nitrogens is 2. The molecule has 1 aromatic heterocycles. The van der Waals surface area contributed by atoms with E-state index in [0.29, 0.717) is 19.4 Å². The van der Waals surface area contributed by atoms with Crippen LogP contribution in [-0.4, -0.2) is 33.8 Å². The van der Waals surface area contributed by atoms with Gasteiger partial charge in [0, 0.05) is 0 Å². The van der Waals surface area contributed by atoms with Crippen molar-refractivity contribution in [1.82, 2.24) is 10.2 Å². The van der Waals surface area contributed by atoms with Gasteiger partial charge in [0.2, 0.25) is 5.60 Å². The summed E-state index contributed by atoms with van der Waals surface area (Å²) < 4.78 is 11.6. The number of benzene rings is 1. The van der Waals surface area contributed by atoms with Crippen LogP contribution in [-0.2, 0) is 20.9 Å². The van der Waals surface area contributed by atoms with Gasteiger partial charge in [0.1, 0.15) is 6.10 Å². The largest absolute Gasteiger partial charge is 0.442 e. The number of primary amides is 1. The highest BCUT2D eigenvalue weighted by molar-refractivity contribution is 5.93. The molecule has 1 saturated carbocycles. The zero-order valence-electron chi connectivity index (χ0n) is 14.3. The monoisotopic (exact) mass is 355 g/mol. The molecule has 0 saturated heterocycles. The summed E-state index contributed by atoms with van der Waals surface area (Å²) in [6, 6.07) is 11.1. The number of esters is 1. The molecule has 1 aliphatic rings. The van der Waals surface area contributed by atoms with E-state index in [1.165, 1.54) is 18.5 Å². The van der Waals surface area contributed by atoms with Gasteiger partial charge in [-0.25, -0.2) is 4.79 Å². The van der Waals surface area contributed by atoms with E-state index in [1.807, 2.05) is 30.3 Å². The Morgan fingerprint density at radius 2 is 1.96 bits per heavy atom. The smallest absolute Gasteiger partial charge is 0.340 e. The van der Waals surface area contributed by atoms with Crippen LogP contribution in [0, 0.1) is 0 Å². The predicted octanol–water partition coefficient (Wildman–Crippen LogP) is 2.02. The molecule has 1 aromatic carbocycles. The summed E-state index contributed by atoms with van der Waals surface area (Å²) in [4.78, 5) is 24.8. The predicted molar refractivity (Wildman–Crippen MR) is 92.9 cm³/mol. The van der Waals surface area contributed by atoms with Crippen LogP contribution in [0.5, 0.6) is 0 Å². The van der Waals surface area contributed by atoms with Crippen LogP contribution in [0.15, 0.2) is 48.8 Å². The summed E-state index contributed by atoms with van der Waals surface area (Å²) in [7, 11) is 0. The Balaban J connectivity index is 1.79. The maximum Gasteiger partial charge on any atom is 0.340 e. The second kappa shape index (κ2) is 8.05. The quantitative estimate of drug-likeness (QED) is 0.795. The fourth-order valence-electron chi connectivity index (χ4n) is 3.19. The number of carbonyl (C=O) groups is 2. The minimum atomic E-state index is -1.48. The number of rotatable bonds is 6. The Hall–Kier alpha value is -2.80. The molecular formula is C19H21N3O4. The lowest BCUT2D eigenvalue weighted by Gasteiger charge is -2.40.